The van der Waals surface area contributed by atoms with Crippen LogP contribution in [0.1, 0.15) is 0 Å². The molecule has 0 atom stereocenters. The summed E-state index contributed by atoms with van der Waals surface area (Å²) < 4.78 is 4.54. The third-order valence-electron chi connectivity index (χ3n) is 14.0. The zero-order chi connectivity index (χ0) is 47.5. The summed E-state index contributed by atoms with van der Waals surface area (Å²) in [4.78, 5) is 21.0. The van der Waals surface area contributed by atoms with E-state index in [-0.39, 0.29) is 0 Å². The number of benzene rings is 11. The van der Waals surface area contributed by atoms with Crippen molar-refractivity contribution < 1.29 is 0 Å². The van der Waals surface area contributed by atoms with E-state index in [0.29, 0.717) is 0 Å². The molecule has 0 amide bonds. The Hall–Kier alpha value is -9.78. The van der Waals surface area contributed by atoms with E-state index < -0.39 is 0 Å². The molecule has 0 saturated heterocycles. The van der Waals surface area contributed by atoms with Gasteiger partial charge in [-0.3, -0.25) is 9.13 Å². The number of para-hydroxylation sites is 8. The molecule has 0 aliphatic heterocycles. The fraction of sp³-hybridized carbons (Fsp3) is 0. The van der Waals surface area contributed by atoms with Crippen LogP contribution >= 0.6 is 0 Å². The predicted octanol–water partition coefficient (Wildman–Crippen LogP) is 16.6. The van der Waals surface area contributed by atoms with E-state index in [4.69, 9.17) is 19.9 Å². The maximum atomic E-state index is 5.30. The third-order valence-corrected chi connectivity index (χ3v) is 14.0. The Balaban J connectivity index is 0.831. The van der Waals surface area contributed by atoms with Crippen molar-refractivity contribution in [3.8, 4) is 78.9 Å². The summed E-state index contributed by atoms with van der Waals surface area (Å²) in [5.74, 6) is 1.83. The summed E-state index contributed by atoms with van der Waals surface area (Å²) in [6, 6.07) is 89.7. The predicted molar refractivity (Wildman–Crippen MR) is 296 cm³/mol. The SMILES string of the molecule is c1ccc(-n2c(-c3ccc(-c4ccc(-c5nc6ccccc6nc5-c5ccc(-c6ccc(-c7nc8ccccc8n7-c7ccccc7)c7ccccc67)cc5)cc4)c4ccccc34)nc3ccccc32)cc1. The van der Waals surface area contributed by atoms with Crippen LogP contribution < -0.4 is 0 Å². The first-order chi connectivity index (χ1) is 35.7. The van der Waals surface area contributed by atoms with Crippen LogP contribution in [0.15, 0.2) is 255 Å². The molecule has 14 aromatic rings. The lowest BCUT2D eigenvalue weighted by Crippen LogP contribution is -1.98. The van der Waals surface area contributed by atoms with E-state index in [1.165, 1.54) is 0 Å². The molecule has 0 bridgehead atoms. The topological polar surface area (TPSA) is 61.4 Å². The Morgan fingerprint density at radius 3 is 0.931 bits per heavy atom. The number of nitrogens with zero attached hydrogens (tertiary/aromatic N) is 6. The first kappa shape index (κ1) is 41.2. The van der Waals surface area contributed by atoms with Crippen molar-refractivity contribution in [3.05, 3.63) is 255 Å². The van der Waals surface area contributed by atoms with Gasteiger partial charge in [-0.05, 0) is 117 Å². The first-order valence-electron chi connectivity index (χ1n) is 24.3. The molecule has 336 valence electrons. The summed E-state index contributed by atoms with van der Waals surface area (Å²) in [6.07, 6.45) is 0. The van der Waals surface area contributed by atoms with E-state index in [1.54, 1.807) is 0 Å². The molecule has 0 unspecified atom stereocenters. The molecule has 0 spiro atoms. The van der Waals surface area contributed by atoms with Crippen LogP contribution in [0.4, 0.5) is 0 Å². The molecule has 0 fully saturated rings. The summed E-state index contributed by atoms with van der Waals surface area (Å²) in [5.41, 5.74) is 18.3. The molecule has 72 heavy (non-hydrogen) atoms. The number of fused-ring (bicyclic) bond motifs is 5. The summed E-state index contributed by atoms with van der Waals surface area (Å²) >= 11 is 0. The van der Waals surface area contributed by atoms with Crippen LogP contribution in [-0.4, -0.2) is 29.1 Å². The molecule has 6 heteroatoms. The van der Waals surface area contributed by atoms with E-state index in [2.05, 4.69) is 240 Å². The normalized spacial score (nSPS) is 11.6. The van der Waals surface area contributed by atoms with Crippen molar-refractivity contribution in [2.45, 2.75) is 0 Å². The molecule has 0 saturated carbocycles. The van der Waals surface area contributed by atoms with E-state index in [9.17, 15) is 0 Å². The van der Waals surface area contributed by atoms with Gasteiger partial charge in [-0.25, -0.2) is 19.9 Å². The molecule has 3 heterocycles. The molecular formula is C66H42N6. The van der Waals surface area contributed by atoms with Gasteiger partial charge >= 0.3 is 0 Å². The monoisotopic (exact) mass is 918 g/mol. The standard InChI is InChI=1S/C66H42N6/c1-3-17-47(18-4-1)71-61-29-15-13-27-59(61)69-65(71)55-41-39-49(51-21-7-9-23-53(51)55)43-31-35-45(36-32-43)63-64(68-58-26-12-11-25-57(58)67-63)46-37-33-44(34-38-46)50-40-42-56(54-24-10-8-22-52(50)54)66-70-60-28-14-16-30-62(60)72(66)48-19-5-2-6-20-48/h1-42H. The Kier molecular flexibility index (Phi) is 9.74. The van der Waals surface area contributed by atoms with Gasteiger partial charge in [-0.2, -0.15) is 0 Å². The molecule has 0 radical (unpaired) electrons. The molecule has 0 aliphatic carbocycles. The van der Waals surface area contributed by atoms with Gasteiger partial charge in [0.15, 0.2) is 0 Å². The third kappa shape index (κ3) is 6.88. The number of aromatic nitrogens is 6. The lowest BCUT2D eigenvalue weighted by molar-refractivity contribution is 1.11. The molecule has 11 aromatic carbocycles. The van der Waals surface area contributed by atoms with Gasteiger partial charge in [-0.15, -0.1) is 0 Å². The Morgan fingerprint density at radius 2 is 0.528 bits per heavy atom. The van der Waals surface area contributed by atoms with Gasteiger partial charge in [0.25, 0.3) is 0 Å². The number of hydrogen-bond acceptors (Lipinski definition) is 4. The highest BCUT2D eigenvalue weighted by Gasteiger charge is 2.21. The minimum absolute atomic E-state index is 0.837. The van der Waals surface area contributed by atoms with Crippen molar-refractivity contribution >= 4 is 54.6 Å². The second-order valence-corrected chi connectivity index (χ2v) is 18.2. The quantitative estimate of drug-likeness (QED) is 0.152. The zero-order valence-corrected chi connectivity index (χ0v) is 38.9. The number of rotatable bonds is 8. The smallest absolute Gasteiger partial charge is 0.146 e. The Bertz CT molecular complexity index is 4080. The van der Waals surface area contributed by atoms with Gasteiger partial charge < -0.3 is 0 Å². The minimum atomic E-state index is 0.837. The Labute approximate surface area is 415 Å². The highest BCUT2D eigenvalue weighted by Crippen LogP contribution is 2.41. The molecule has 0 N–H and O–H groups in total. The molecule has 0 aliphatic rings. The van der Waals surface area contributed by atoms with E-state index in [1.807, 2.05) is 24.3 Å². The van der Waals surface area contributed by atoms with E-state index in [0.717, 1.165) is 134 Å². The zero-order valence-electron chi connectivity index (χ0n) is 38.9. The van der Waals surface area contributed by atoms with Crippen LogP contribution in [0, 0.1) is 0 Å². The fourth-order valence-corrected chi connectivity index (χ4v) is 10.6. The second-order valence-electron chi connectivity index (χ2n) is 18.2. The first-order valence-corrected chi connectivity index (χ1v) is 24.3. The van der Waals surface area contributed by atoms with E-state index >= 15 is 0 Å². The maximum Gasteiger partial charge on any atom is 0.146 e. The molecule has 6 nitrogen and oxygen atoms in total. The molecule has 3 aromatic heterocycles. The van der Waals surface area contributed by atoms with Gasteiger partial charge in [0.2, 0.25) is 0 Å². The lowest BCUT2D eigenvalue weighted by atomic mass is 9.93. The lowest BCUT2D eigenvalue weighted by Gasteiger charge is -2.15. The van der Waals surface area contributed by atoms with Crippen molar-refractivity contribution in [2.75, 3.05) is 0 Å². The number of imidazole rings is 2. The Morgan fingerprint density at radius 1 is 0.222 bits per heavy atom. The van der Waals surface area contributed by atoms with Crippen molar-refractivity contribution in [1.29, 1.82) is 0 Å². The maximum absolute atomic E-state index is 5.30. The van der Waals surface area contributed by atoms with Crippen LogP contribution in [0.2, 0.25) is 0 Å². The summed E-state index contributed by atoms with van der Waals surface area (Å²) in [7, 11) is 0. The van der Waals surface area contributed by atoms with Crippen LogP contribution in [0.5, 0.6) is 0 Å². The van der Waals surface area contributed by atoms with Crippen molar-refractivity contribution in [1.82, 2.24) is 29.1 Å². The van der Waals surface area contributed by atoms with Gasteiger partial charge in [0, 0.05) is 33.6 Å². The summed E-state index contributed by atoms with van der Waals surface area (Å²) in [5, 5.41) is 4.61. The van der Waals surface area contributed by atoms with Crippen molar-refractivity contribution in [2.24, 2.45) is 0 Å². The average molecular weight is 919 g/mol. The summed E-state index contributed by atoms with van der Waals surface area (Å²) in [6.45, 7) is 0. The van der Waals surface area contributed by atoms with Crippen LogP contribution in [0.25, 0.3) is 134 Å². The highest BCUT2D eigenvalue weighted by atomic mass is 15.1. The van der Waals surface area contributed by atoms with Crippen molar-refractivity contribution in [3.63, 3.8) is 0 Å². The number of hydrogen-bond donors (Lipinski definition) is 0. The van der Waals surface area contributed by atoms with Gasteiger partial charge in [0.1, 0.15) is 11.6 Å². The highest BCUT2D eigenvalue weighted by molar-refractivity contribution is 6.07. The van der Waals surface area contributed by atoms with Crippen LogP contribution in [-0.2, 0) is 0 Å². The molecule has 14 rings (SSSR count). The fourth-order valence-electron chi connectivity index (χ4n) is 10.6. The van der Waals surface area contributed by atoms with Gasteiger partial charge in [0.05, 0.1) is 44.5 Å². The largest absolute Gasteiger partial charge is 0.292 e. The van der Waals surface area contributed by atoms with Gasteiger partial charge in [-0.1, -0.05) is 182 Å². The van der Waals surface area contributed by atoms with Crippen LogP contribution in [0.3, 0.4) is 0 Å². The average Bonchev–Trinajstić information content (AvgIpc) is 4.04. The molecular weight excluding hydrogens is 877 g/mol. The minimum Gasteiger partial charge on any atom is -0.292 e. The second kappa shape index (κ2) is 17.0.